The minimum absolute atomic E-state index is 0.0435. The van der Waals surface area contributed by atoms with Crippen LogP contribution < -0.4 is 5.32 Å². The summed E-state index contributed by atoms with van der Waals surface area (Å²) in [4.78, 5) is 25.7. The van der Waals surface area contributed by atoms with Crippen LogP contribution in [0.2, 0.25) is 0 Å². The molecule has 0 spiro atoms. The van der Waals surface area contributed by atoms with Gasteiger partial charge >= 0.3 is 5.97 Å². The number of aliphatic carboxylic acids is 1. The summed E-state index contributed by atoms with van der Waals surface area (Å²) < 4.78 is 0. The average molecular weight is 280 g/mol. The fraction of sp³-hybridized carbons (Fsp3) is 0.733. The van der Waals surface area contributed by atoms with Crippen LogP contribution in [0.4, 0.5) is 0 Å². The third-order valence-electron chi connectivity index (χ3n) is 4.38. The molecule has 5 nitrogen and oxygen atoms in total. The van der Waals surface area contributed by atoms with Gasteiger partial charge in [-0.05, 0) is 51.7 Å². The van der Waals surface area contributed by atoms with Gasteiger partial charge in [0.05, 0.1) is 11.8 Å². The van der Waals surface area contributed by atoms with E-state index in [-0.39, 0.29) is 23.7 Å². The van der Waals surface area contributed by atoms with Crippen molar-refractivity contribution >= 4 is 11.9 Å². The highest BCUT2D eigenvalue weighted by atomic mass is 16.4. The Bertz CT molecular complexity index is 406. The molecule has 112 valence electrons. The molecule has 1 amide bonds. The van der Waals surface area contributed by atoms with Gasteiger partial charge in [0, 0.05) is 6.54 Å². The van der Waals surface area contributed by atoms with Crippen molar-refractivity contribution in [3.63, 3.8) is 0 Å². The number of carboxylic acids is 1. The number of unbranched alkanes of at least 4 members (excludes halogenated alkanes) is 1. The Kier molecular flexibility index (Phi) is 4.81. The molecule has 0 heterocycles. The monoisotopic (exact) mass is 280 g/mol. The van der Waals surface area contributed by atoms with Crippen LogP contribution in [0, 0.1) is 23.7 Å². The van der Waals surface area contributed by atoms with Crippen molar-refractivity contribution < 1.29 is 14.7 Å². The lowest BCUT2D eigenvalue weighted by molar-refractivity contribution is -0.147. The second kappa shape index (κ2) is 6.39. The molecule has 2 bridgehead atoms. The number of fused-ring (bicyclic) bond motifs is 2. The molecule has 2 rings (SSSR count). The van der Waals surface area contributed by atoms with E-state index < -0.39 is 11.9 Å². The zero-order valence-electron chi connectivity index (χ0n) is 12.2. The van der Waals surface area contributed by atoms with E-state index >= 15 is 0 Å². The van der Waals surface area contributed by atoms with Gasteiger partial charge in [0.15, 0.2) is 0 Å². The normalized spacial score (nSPS) is 30.9. The molecule has 20 heavy (non-hydrogen) atoms. The quantitative estimate of drug-likeness (QED) is 0.538. The van der Waals surface area contributed by atoms with Crippen molar-refractivity contribution in [1.82, 2.24) is 10.2 Å². The number of carboxylic acid groups (broad SMARTS) is 1. The van der Waals surface area contributed by atoms with E-state index in [2.05, 4.69) is 10.2 Å². The minimum Gasteiger partial charge on any atom is -0.481 e. The van der Waals surface area contributed by atoms with Crippen LogP contribution in [0.1, 0.15) is 19.3 Å². The Balaban J connectivity index is 1.80. The first-order valence-electron chi connectivity index (χ1n) is 7.34. The summed E-state index contributed by atoms with van der Waals surface area (Å²) in [5.41, 5.74) is 0. The highest BCUT2D eigenvalue weighted by molar-refractivity contribution is 5.86. The van der Waals surface area contributed by atoms with Crippen molar-refractivity contribution in [2.75, 3.05) is 27.2 Å². The molecular formula is C15H24N2O3. The molecule has 0 aromatic rings. The fourth-order valence-corrected chi connectivity index (χ4v) is 3.40. The first-order chi connectivity index (χ1) is 9.50. The Hall–Kier alpha value is -1.36. The van der Waals surface area contributed by atoms with Gasteiger partial charge in [0.2, 0.25) is 5.91 Å². The predicted molar refractivity (Wildman–Crippen MR) is 76.2 cm³/mol. The highest BCUT2D eigenvalue weighted by Gasteiger charge is 2.51. The first-order valence-corrected chi connectivity index (χ1v) is 7.34. The molecule has 0 aliphatic heterocycles. The molecule has 2 aliphatic carbocycles. The summed E-state index contributed by atoms with van der Waals surface area (Å²) >= 11 is 0. The standard InChI is InChI=1S/C15H24N2O3/c1-17(2)8-4-3-7-16-14(18)12-10-5-6-11(9-10)13(12)15(19)20/h5-6,10-13H,3-4,7-9H2,1-2H3,(H,16,18)(H,19,20). The lowest BCUT2D eigenvalue weighted by atomic mass is 9.82. The van der Waals surface area contributed by atoms with Crippen molar-refractivity contribution in [2.45, 2.75) is 19.3 Å². The maximum atomic E-state index is 12.2. The topological polar surface area (TPSA) is 69.6 Å². The Morgan fingerprint density at radius 2 is 1.85 bits per heavy atom. The van der Waals surface area contributed by atoms with Crippen molar-refractivity contribution in [3.8, 4) is 0 Å². The Morgan fingerprint density at radius 3 is 2.45 bits per heavy atom. The van der Waals surface area contributed by atoms with Gasteiger partial charge < -0.3 is 15.3 Å². The maximum Gasteiger partial charge on any atom is 0.307 e. The van der Waals surface area contributed by atoms with Crippen molar-refractivity contribution in [2.24, 2.45) is 23.7 Å². The summed E-state index contributed by atoms with van der Waals surface area (Å²) in [6.45, 7) is 1.64. The van der Waals surface area contributed by atoms with E-state index in [9.17, 15) is 14.7 Å². The number of carbonyl (C=O) groups excluding carboxylic acids is 1. The van der Waals surface area contributed by atoms with Crippen LogP contribution in [-0.4, -0.2) is 49.1 Å². The summed E-state index contributed by atoms with van der Waals surface area (Å²) in [6, 6.07) is 0. The van der Waals surface area contributed by atoms with Crippen LogP contribution >= 0.6 is 0 Å². The zero-order chi connectivity index (χ0) is 14.7. The molecule has 0 aromatic carbocycles. The second-order valence-electron chi connectivity index (χ2n) is 6.14. The number of rotatable bonds is 7. The Labute approximate surface area is 120 Å². The van der Waals surface area contributed by atoms with E-state index in [1.165, 1.54) is 0 Å². The third-order valence-corrected chi connectivity index (χ3v) is 4.38. The zero-order valence-corrected chi connectivity index (χ0v) is 12.2. The van der Waals surface area contributed by atoms with Gasteiger partial charge in [0.25, 0.3) is 0 Å². The second-order valence-corrected chi connectivity index (χ2v) is 6.14. The van der Waals surface area contributed by atoms with Crippen LogP contribution in [-0.2, 0) is 9.59 Å². The predicted octanol–water partition coefficient (Wildman–Crippen LogP) is 0.967. The van der Waals surface area contributed by atoms with E-state index in [1.54, 1.807) is 0 Å². The highest BCUT2D eigenvalue weighted by Crippen LogP contribution is 2.48. The summed E-state index contributed by atoms with van der Waals surface area (Å²) in [5, 5.41) is 12.2. The SMILES string of the molecule is CN(C)CCCCNC(=O)C1C2C=CC(C2)C1C(=O)O. The van der Waals surface area contributed by atoms with E-state index in [0.29, 0.717) is 6.54 Å². The molecule has 0 saturated heterocycles. The molecule has 4 unspecified atom stereocenters. The Morgan fingerprint density at radius 1 is 1.20 bits per heavy atom. The van der Waals surface area contributed by atoms with Crippen LogP contribution in [0.5, 0.6) is 0 Å². The smallest absolute Gasteiger partial charge is 0.307 e. The molecule has 2 N–H and O–H groups in total. The number of hydrogen-bond acceptors (Lipinski definition) is 3. The minimum atomic E-state index is -0.838. The number of nitrogens with one attached hydrogen (secondary N) is 1. The molecule has 1 saturated carbocycles. The largest absolute Gasteiger partial charge is 0.481 e. The molecular weight excluding hydrogens is 256 g/mol. The van der Waals surface area contributed by atoms with Crippen molar-refractivity contribution in [3.05, 3.63) is 12.2 Å². The van der Waals surface area contributed by atoms with Gasteiger partial charge in [-0.2, -0.15) is 0 Å². The van der Waals surface area contributed by atoms with Gasteiger partial charge in [-0.1, -0.05) is 12.2 Å². The van der Waals surface area contributed by atoms with Gasteiger partial charge in [0.1, 0.15) is 0 Å². The van der Waals surface area contributed by atoms with E-state index in [4.69, 9.17) is 0 Å². The lowest BCUT2D eigenvalue weighted by Gasteiger charge is -2.23. The van der Waals surface area contributed by atoms with Crippen LogP contribution in [0.3, 0.4) is 0 Å². The molecule has 0 radical (unpaired) electrons. The van der Waals surface area contributed by atoms with Crippen LogP contribution in [0.15, 0.2) is 12.2 Å². The molecule has 1 fully saturated rings. The van der Waals surface area contributed by atoms with Crippen molar-refractivity contribution in [1.29, 1.82) is 0 Å². The molecule has 2 aliphatic rings. The fourth-order valence-electron chi connectivity index (χ4n) is 3.40. The van der Waals surface area contributed by atoms with E-state index in [1.807, 2.05) is 26.2 Å². The number of allylic oxidation sites excluding steroid dienone is 2. The van der Waals surface area contributed by atoms with E-state index in [0.717, 1.165) is 25.8 Å². The summed E-state index contributed by atoms with van der Waals surface area (Å²) in [6.07, 6.45) is 6.75. The molecule has 5 heteroatoms. The van der Waals surface area contributed by atoms with Gasteiger partial charge in [-0.15, -0.1) is 0 Å². The summed E-state index contributed by atoms with van der Waals surface area (Å²) in [5.74, 6) is -1.68. The summed E-state index contributed by atoms with van der Waals surface area (Å²) in [7, 11) is 4.05. The lowest BCUT2D eigenvalue weighted by Crippen LogP contribution is -2.40. The molecule has 0 aromatic heterocycles. The van der Waals surface area contributed by atoms with Crippen LogP contribution in [0.25, 0.3) is 0 Å². The number of hydrogen-bond donors (Lipinski definition) is 2. The van der Waals surface area contributed by atoms with Gasteiger partial charge in [-0.3, -0.25) is 9.59 Å². The first kappa shape index (κ1) is 15.0. The number of amides is 1. The average Bonchev–Trinajstić information content (AvgIpc) is 2.97. The molecule has 4 atom stereocenters. The number of nitrogens with zero attached hydrogens (tertiary/aromatic N) is 1. The third kappa shape index (κ3) is 3.20. The maximum absolute atomic E-state index is 12.2. The number of carbonyl (C=O) groups is 2. The van der Waals surface area contributed by atoms with Gasteiger partial charge in [-0.25, -0.2) is 0 Å².